The molecular formula is C15H30S. The molecule has 1 rings (SSSR count). The fourth-order valence-corrected chi connectivity index (χ4v) is 3.27. The van der Waals surface area contributed by atoms with Gasteiger partial charge in [0.2, 0.25) is 0 Å². The van der Waals surface area contributed by atoms with E-state index in [4.69, 9.17) is 0 Å². The van der Waals surface area contributed by atoms with Gasteiger partial charge >= 0.3 is 0 Å². The van der Waals surface area contributed by atoms with Crippen LogP contribution in [0.1, 0.15) is 84.5 Å². The van der Waals surface area contributed by atoms with E-state index in [1.54, 1.807) is 0 Å². The van der Waals surface area contributed by atoms with Gasteiger partial charge in [-0.1, -0.05) is 78.1 Å². The number of thioether (sulfide) groups is 1. The molecule has 0 nitrogen and oxygen atoms in total. The summed E-state index contributed by atoms with van der Waals surface area (Å²) in [6.07, 6.45) is 16.2. The molecule has 1 heterocycles. The summed E-state index contributed by atoms with van der Waals surface area (Å²) in [4.78, 5) is 0. The van der Waals surface area contributed by atoms with Gasteiger partial charge in [-0.25, -0.2) is 0 Å². The number of unbranched alkanes of at least 4 members (excludes halogenated alkanes) is 9. The molecule has 1 fully saturated rings. The molecule has 0 aromatic rings. The molecule has 0 amide bonds. The normalized spacial score (nSPS) is 23.6. The molecule has 96 valence electrons. The zero-order valence-electron chi connectivity index (χ0n) is 11.3. The Labute approximate surface area is 107 Å². The van der Waals surface area contributed by atoms with E-state index >= 15 is 0 Å². The average Bonchev–Trinajstić information content (AvgIpc) is 2.97. The quantitative estimate of drug-likeness (QED) is 0.326. The Balaban J connectivity index is 1.65. The molecule has 1 saturated heterocycles. The Morgan fingerprint density at radius 1 is 0.750 bits per heavy atom. The predicted octanol–water partition coefficient (Wildman–Crippen LogP) is 5.80. The molecular weight excluding hydrogens is 212 g/mol. The highest BCUT2D eigenvalue weighted by atomic mass is 32.2. The van der Waals surface area contributed by atoms with Crippen LogP contribution in [0.25, 0.3) is 0 Å². The van der Waals surface area contributed by atoms with Gasteiger partial charge in [0, 0.05) is 10.5 Å². The van der Waals surface area contributed by atoms with E-state index in [-0.39, 0.29) is 0 Å². The standard InChI is InChI=1S/C15H30S/c1-3-4-5-6-7-8-9-10-11-12-13-15-14(2)16-15/h14-15H,3-13H2,1-2H3. The van der Waals surface area contributed by atoms with Crippen LogP contribution < -0.4 is 0 Å². The Kier molecular flexibility index (Phi) is 8.46. The van der Waals surface area contributed by atoms with Crippen LogP contribution in [0.4, 0.5) is 0 Å². The number of rotatable bonds is 11. The minimum Gasteiger partial charge on any atom is -0.153 e. The molecule has 0 N–H and O–H groups in total. The van der Waals surface area contributed by atoms with Crippen LogP contribution in [0.15, 0.2) is 0 Å². The van der Waals surface area contributed by atoms with Gasteiger partial charge in [0.1, 0.15) is 0 Å². The van der Waals surface area contributed by atoms with E-state index in [1.807, 2.05) is 0 Å². The second kappa shape index (κ2) is 9.39. The maximum absolute atomic E-state index is 2.37. The molecule has 0 spiro atoms. The van der Waals surface area contributed by atoms with Crippen LogP contribution in [-0.4, -0.2) is 10.5 Å². The summed E-state index contributed by atoms with van der Waals surface area (Å²) in [5.41, 5.74) is 0. The van der Waals surface area contributed by atoms with Gasteiger partial charge in [0.15, 0.2) is 0 Å². The van der Waals surface area contributed by atoms with Gasteiger partial charge in [0.25, 0.3) is 0 Å². The SMILES string of the molecule is CCCCCCCCCCCCC1SC1C. The zero-order chi connectivity index (χ0) is 11.6. The average molecular weight is 242 g/mol. The van der Waals surface area contributed by atoms with E-state index in [9.17, 15) is 0 Å². The molecule has 2 unspecified atom stereocenters. The first kappa shape index (κ1) is 14.4. The highest BCUT2D eigenvalue weighted by molar-refractivity contribution is 8.07. The van der Waals surface area contributed by atoms with Crippen LogP contribution in [0.5, 0.6) is 0 Å². The first-order chi connectivity index (χ1) is 7.84. The lowest BCUT2D eigenvalue weighted by Crippen LogP contribution is -1.89. The summed E-state index contributed by atoms with van der Waals surface area (Å²) in [7, 11) is 0. The molecule has 1 heteroatoms. The monoisotopic (exact) mass is 242 g/mol. The molecule has 16 heavy (non-hydrogen) atoms. The zero-order valence-corrected chi connectivity index (χ0v) is 12.2. The minimum atomic E-state index is 0.985. The largest absolute Gasteiger partial charge is 0.153 e. The summed E-state index contributed by atoms with van der Waals surface area (Å²) < 4.78 is 0. The number of hydrogen-bond donors (Lipinski definition) is 0. The van der Waals surface area contributed by atoms with E-state index < -0.39 is 0 Å². The smallest absolute Gasteiger partial charge is 0.0167 e. The van der Waals surface area contributed by atoms with Crippen LogP contribution in [-0.2, 0) is 0 Å². The van der Waals surface area contributed by atoms with Gasteiger partial charge in [-0.2, -0.15) is 11.8 Å². The highest BCUT2D eigenvalue weighted by Crippen LogP contribution is 2.43. The van der Waals surface area contributed by atoms with Crippen molar-refractivity contribution in [1.82, 2.24) is 0 Å². The van der Waals surface area contributed by atoms with E-state index in [0.29, 0.717) is 0 Å². The highest BCUT2D eigenvalue weighted by Gasteiger charge is 2.32. The van der Waals surface area contributed by atoms with Crippen molar-refractivity contribution in [2.45, 2.75) is 95.0 Å². The van der Waals surface area contributed by atoms with E-state index in [0.717, 1.165) is 10.5 Å². The molecule has 0 aliphatic carbocycles. The van der Waals surface area contributed by atoms with Crippen molar-refractivity contribution in [3.8, 4) is 0 Å². The maximum Gasteiger partial charge on any atom is 0.0167 e. The first-order valence-electron chi connectivity index (χ1n) is 7.50. The van der Waals surface area contributed by atoms with Gasteiger partial charge in [-0.3, -0.25) is 0 Å². The molecule has 0 aromatic carbocycles. The Bertz CT molecular complexity index is 156. The van der Waals surface area contributed by atoms with Crippen molar-refractivity contribution in [2.75, 3.05) is 0 Å². The fraction of sp³-hybridized carbons (Fsp3) is 1.00. The molecule has 0 bridgehead atoms. The van der Waals surface area contributed by atoms with Crippen LogP contribution >= 0.6 is 11.8 Å². The Morgan fingerprint density at radius 2 is 1.19 bits per heavy atom. The van der Waals surface area contributed by atoms with Crippen LogP contribution in [0, 0.1) is 0 Å². The molecule has 0 aromatic heterocycles. The van der Waals surface area contributed by atoms with Gasteiger partial charge in [0.05, 0.1) is 0 Å². The third kappa shape index (κ3) is 7.60. The summed E-state index contributed by atoms with van der Waals surface area (Å²) in [5.74, 6) is 0. The topological polar surface area (TPSA) is 0 Å². The minimum absolute atomic E-state index is 0.985. The Morgan fingerprint density at radius 3 is 1.62 bits per heavy atom. The van der Waals surface area contributed by atoms with Gasteiger partial charge in [-0.05, 0) is 6.42 Å². The maximum atomic E-state index is 2.37. The van der Waals surface area contributed by atoms with Crippen LogP contribution in [0.3, 0.4) is 0 Å². The van der Waals surface area contributed by atoms with E-state index in [1.165, 1.54) is 70.6 Å². The van der Waals surface area contributed by atoms with Crippen molar-refractivity contribution in [2.24, 2.45) is 0 Å². The third-order valence-corrected chi connectivity index (χ3v) is 5.12. The summed E-state index contributed by atoms with van der Waals surface area (Å²) in [6, 6.07) is 0. The fourth-order valence-electron chi connectivity index (χ4n) is 2.37. The van der Waals surface area contributed by atoms with Crippen LogP contribution in [0.2, 0.25) is 0 Å². The Hall–Kier alpha value is 0.350. The summed E-state index contributed by atoms with van der Waals surface area (Å²) in [5, 5.41) is 2.02. The van der Waals surface area contributed by atoms with Crippen molar-refractivity contribution in [3.05, 3.63) is 0 Å². The van der Waals surface area contributed by atoms with E-state index in [2.05, 4.69) is 25.6 Å². The second-order valence-corrected chi connectivity index (χ2v) is 6.97. The molecule has 2 atom stereocenters. The molecule has 1 aliphatic heterocycles. The van der Waals surface area contributed by atoms with Crippen molar-refractivity contribution in [3.63, 3.8) is 0 Å². The first-order valence-corrected chi connectivity index (χ1v) is 8.44. The third-order valence-electron chi connectivity index (χ3n) is 3.68. The van der Waals surface area contributed by atoms with Crippen molar-refractivity contribution < 1.29 is 0 Å². The molecule has 0 radical (unpaired) electrons. The second-order valence-electron chi connectivity index (χ2n) is 5.35. The lowest BCUT2D eigenvalue weighted by Gasteiger charge is -2.01. The van der Waals surface area contributed by atoms with Crippen molar-refractivity contribution >= 4 is 11.8 Å². The molecule has 1 aliphatic rings. The number of hydrogen-bond acceptors (Lipinski definition) is 1. The van der Waals surface area contributed by atoms with Gasteiger partial charge < -0.3 is 0 Å². The lowest BCUT2D eigenvalue weighted by atomic mass is 10.1. The summed E-state index contributed by atoms with van der Waals surface area (Å²) in [6.45, 7) is 4.66. The predicted molar refractivity (Wildman–Crippen MR) is 77.3 cm³/mol. The summed E-state index contributed by atoms with van der Waals surface area (Å²) >= 11 is 2.17. The van der Waals surface area contributed by atoms with Gasteiger partial charge in [-0.15, -0.1) is 0 Å². The lowest BCUT2D eigenvalue weighted by molar-refractivity contribution is 0.550. The molecule has 0 saturated carbocycles. The van der Waals surface area contributed by atoms with Crippen molar-refractivity contribution in [1.29, 1.82) is 0 Å².